The molecule has 7 nitrogen and oxygen atoms in total. The van der Waals surface area contributed by atoms with Gasteiger partial charge in [-0.15, -0.1) is 0 Å². The van der Waals surface area contributed by atoms with Gasteiger partial charge < -0.3 is 9.73 Å². The number of rotatable bonds is 7. The van der Waals surface area contributed by atoms with Gasteiger partial charge in [0.2, 0.25) is 11.8 Å². The zero-order valence-electron chi connectivity index (χ0n) is 13.5. The maximum atomic E-state index is 11.7. The fourth-order valence-corrected chi connectivity index (χ4v) is 1.89. The molecule has 0 bridgehead atoms. The molecule has 0 saturated carbocycles. The topological polar surface area (TPSA) is 100 Å². The second-order valence-electron chi connectivity index (χ2n) is 5.15. The molecule has 1 aromatic carbocycles. The van der Waals surface area contributed by atoms with Crippen LogP contribution in [0.3, 0.4) is 0 Å². The van der Waals surface area contributed by atoms with Crippen LogP contribution in [-0.4, -0.2) is 17.7 Å². The maximum Gasteiger partial charge on any atom is 0.262 e. The highest BCUT2D eigenvalue weighted by atomic mass is 16.3. The van der Waals surface area contributed by atoms with Crippen LogP contribution in [0.15, 0.2) is 59.2 Å². The predicted octanol–water partition coefficient (Wildman–Crippen LogP) is 1.54. The van der Waals surface area contributed by atoms with E-state index in [-0.39, 0.29) is 18.7 Å². The Morgan fingerprint density at radius 1 is 0.920 bits per heavy atom. The number of carbonyl (C=O) groups excluding carboxylic acids is 3. The van der Waals surface area contributed by atoms with Crippen LogP contribution in [0.5, 0.6) is 0 Å². The summed E-state index contributed by atoms with van der Waals surface area (Å²) in [4.78, 5) is 34.8. The van der Waals surface area contributed by atoms with Gasteiger partial charge in [-0.3, -0.25) is 25.2 Å². The van der Waals surface area contributed by atoms with Crippen molar-refractivity contribution in [2.24, 2.45) is 0 Å². The first-order chi connectivity index (χ1) is 12.1. The van der Waals surface area contributed by atoms with Crippen LogP contribution < -0.4 is 16.2 Å². The van der Waals surface area contributed by atoms with Crippen molar-refractivity contribution < 1.29 is 18.8 Å². The molecule has 0 unspecified atom stereocenters. The van der Waals surface area contributed by atoms with Gasteiger partial charge in [0, 0.05) is 25.5 Å². The van der Waals surface area contributed by atoms with Crippen molar-refractivity contribution in [3.05, 3.63) is 66.1 Å². The van der Waals surface area contributed by atoms with Crippen molar-refractivity contribution in [1.29, 1.82) is 0 Å². The smallest absolute Gasteiger partial charge is 0.262 e. The van der Waals surface area contributed by atoms with Crippen molar-refractivity contribution in [3.8, 4) is 0 Å². The second kappa shape index (κ2) is 9.71. The SMILES string of the molecule is O=C(/C=C/c1ccco1)NNC(=O)CCC(=O)NCc1ccccc1. The monoisotopic (exact) mass is 341 g/mol. The fraction of sp³-hybridized carbons (Fsp3) is 0.167. The molecule has 7 heteroatoms. The van der Waals surface area contributed by atoms with Crippen molar-refractivity contribution in [1.82, 2.24) is 16.2 Å². The molecule has 0 aliphatic rings. The molecular formula is C18H19N3O4. The van der Waals surface area contributed by atoms with E-state index in [4.69, 9.17) is 4.42 Å². The van der Waals surface area contributed by atoms with E-state index in [1.54, 1.807) is 12.1 Å². The van der Waals surface area contributed by atoms with E-state index in [2.05, 4.69) is 16.2 Å². The molecule has 0 spiro atoms. The second-order valence-corrected chi connectivity index (χ2v) is 5.15. The summed E-state index contributed by atoms with van der Waals surface area (Å²) in [5.41, 5.74) is 5.45. The summed E-state index contributed by atoms with van der Waals surface area (Å²) in [6, 6.07) is 12.9. The number of amides is 3. The Hall–Kier alpha value is -3.35. The molecule has 0 radical (unpaired) electrons. The van der Waals surface area contributed by atoms with Gasteiger partial charge >= 0.3 is 0 Å². The average Bonchev–Trinajstić information content (AvgIpc) is 3.15. The zero-order chi connectivity index (χ0) is 17.9. The molecule has 3 amide bonds. The standard InChI is InChI=1S/C18H19N3O4/c22-16(19-13-14-5-2-1-3-6-14)10-11-18(24)21-20-17(23)9-8-15-7-4-12-25-15/h1-9,12H,10-11,13H2,(H,19,22)(H,20,23)(H,21,24)/b9-8+. The number of nitrogens with one attached hydrogen (secondary N) is 3. The Labute approximate surface area is 145 Å². The van der Waals surface area contributed by atoms with E-state index in [1.807, 2.05) is 30.3 Å². The summed E-state index contributed by atoms with van der Waals surface area (Å²) in [5.74, 6) is -0.660. The molecular weight excluding hydrogens is 322 g/mol. The van der Waals surface area contributed by atoms with Gasteiger partial charge in [0.05, 0.1) is 6.26 Å². The number of hydrazine groups is 1. The minimum atomic E-state index is -0.502. The quantitative estimate of drug-likeness (QED) is 0.525. The molecule has 0 atom stereocenters. The molecule has 2 rings (SSSR count). The van der Waals surface area contributed by atoms with Crippen LogP contribution >= 0.6 is 0 Å². The third kappa shape index (κ3) is 7.17. The lowest BCUT2D eigenvalue weighted by molar-refractivity contribution is -0.129. The van der Waals surface area contributed by atoms with E-state index in [0.717, 1.165) is 5.56 Å². The van der Waals surface area contributed by atoms with E-state index in [1.165, 1.54) is 18.4 Å². The molecule has 25 heavy (non-hydrogen) atoms. The maximum absolute atomic E-state index is 11.7. The van der Waals surface area contributed by atoms with Crippen LogP contribution in [0.1, 0.15) is 24.2 Å². The molecule has 2 aromatic rings. The Morgan fingerprint density at radius 3 is 2.40 bits per heavy atom. The largest absolute Gasteiger partial charge is 0.465 e. The number of hydrogen-bond acceptors (Lipinski definition) is 4. The van der Waals surface area contributed by atoms with E-state index in [9.17, 15) is 14.4 Å². The highest BCUT2D eigenvalue weighted by molar-refractivity contribution is 5.93. The minimum absolute atomic E-state index is 0.0250. The summed E-state index contributed by atoms with van der Waals surface area (Å²) in [7, 11) is 0. The first-order valence-corrected chi connectivity index (χ1v) is 7.74. The molecule has 130 valence electrons. The minimum Gasteiger partial charge on any atom is -0.465 e. The Balaban J connectivity index is 1.60. The van der Waals surface area contributed by atoms with Crippen LogP contribution in [0.25, 0.3) is 6.08 Å². The summed E-state index contributed by atoms with van der Waals surface area (Å²) in [6.45, 7) is 0.412. The lowest BCUT2D eigenvalue weighted by Crippen LogP contribution is -2.41. The van der Waals surface area contributed by atoms with Gasteiger partial charge in [-0.05, 0) is 23.8 Å². The van der Waals surface area contributed by atoms with Crippen LogP contribution in [-0.2, 0) is 20.9 Å². The summed E-state index contributed by atoms with van der Waals surface area (Å²) in [5, 5.41) is 2.73. The molecule has 0 aliphatic carbocycles. The van der Waals surface area contributed by atoms with Crippen molar-refractivity contribution in [2.75, 3.05) is 0 Å². The zero-order valence-corrected chi connectivity index (χ0v) is 13.5. The van der Waals surface area contributed by atoms with Crippen molar-refractivity contribution in [2.45, 2.75) is 19.4 Å². The Kier molecular flexibility index (Phi) is 6.99. The molecule has 0 fully saturated rings. The van der Waals surface area contributed by atoms with Gasteiger partial charge in [-0.2, -0.15) is 0 Å². The van der Waals surface area contributed by atoms with Gasteiger partial charge in [-0.1, -0.05) is 30.3 Å². The fourth-order valence-electron chi connectivity index (χ4n) is 1.89. The van der Waals surface area contributed by atoms with Gasteiger partial charge in [0.15, 0.2) is 0 Å². The van der Waals surface area contributed by atoms with Gasteiger partial charge in [0.25, 0.3) is 5.91 Å². The van der Waals surface area contributed by atoms with E-state index in [0.29, 0.717) is 12.3 Å². The average molecular weight is 341 g/mol. The number of benzene rings is 1. The van der Waals surface area contributed by atoms with E-state index >= 15 is 0 Å². The Bertz CT molecular complexity index is 724. The van der Waals surface area contributed by atoms with Crippen LogP contribution in [0.2, 0.25) is 0 Å². The highest BCUT2D eigenvalue weighted by Crippen LogP contribution is 2.01. The Morgan fingerprint density at radius 2 is 1.68 bits per heavy atom. The van der Waals surface area contributed by atoms with E-state index < -0.39 is 11.8 Å². The van der Waals surface area contributed by atoms with Gasteiger partial charge in [0.1, 0.15) is 5.76 Å². The van der Waals surface area contributed by atoms with Crippen molar-refractivity contribution >= 4 is 23.8 Å². The summed E-state index contributed by atoms with van der Waals surface area (Å²) >= 11 is 0. The van der Waals surface area contributed by atoms with Crippen molar-refractivity contribution in [3.63, 3.8) is 0 Å². The lowest BCUT2D eigenvalue weighted by Gasteiger charge is -2.06. The first-order valence-electron chi connectivity index (χ1n) is 7.74. The first kappa shape index (κ1) is 18.0. The molecule has 1 aromatic heterocycles. The third-order valence-corrected chi connectivity index (χ3v) is 3.18. The molecule has 1 heterocycles. The van der Waals surface area contributed by atoms with Crippen LogP contribution in [0, 0.1) is 0 Å². The molecule has 3 N–H and O–H groups in total. The third-order valence-electron chi connectivity index (χ3n) is 3.18. The highest BCUT2D eigenvalue weighted by Gasteiger charge is 2.07. The summed E-state index contributed by atoms with van der Waals surface area (Å²) in [6.07, 6.45) is 4.20. The predicted molar refractivity (Wildman–Crippen MR) is 91.6 cm³/mol. The summed E-state index contributed by atoms with van der Waals surface area (Å²) < 4.78 is 5.03. The number of furan rings is 1. The van der Waals surface area contributed by atoms with Crippen LogP contribution in [0.4, 0.5) is 0 Å². The normalized spacial score (nSPS) is 10.4. The molecule has 0 aliphatic heterocycles. The number of carbonyl (C=O) groups is 3. The lowest BCUT2D eigenvalue weighted by atomic mass is 10.2. The number of hydrogen-bond donors (Lipinski definition) is 3. The van der Waals surface area contributed by atoms with Gasteiger partial charge in [-0.25, -0.2) is 0 Å². The molecule has 0 saturated heterocycles.